The van der Waals surface area contributed by atoms with Gasteiger partial charge in [-0.1, -0.05) is 30.0 Å². The number of aromatic nitrogens is 3. The van der Waals surface area contributed by atoms with Crippen molar-refractivity contribution >= 4 is 35.0 Å². The molecule has 2 heterocycles. The van der Waals surface area contributed by atoms with Gasteiger partial charge in [0.2, 0.25) is 11.8 Å². The minimum absolute atomic E-state index is 0.0309. The number of nitrogens with one attached hydrogen (secondary N) is 1. The smallest absolute Gasteiger partial charge is 0.237 e. The molecule has 32 heavy (non-hydrogen) atoms. The standard InChI is InChI=1S/C23H24FN5O2S/c1-2-28-20(14-21(30)25-18-11-9-17(24)10-12-18)26-27-23(28)32-15-22(31)29-13-5-7-16-6-3-4-8-19(16)29/h3-4,6,8-12H,2,5,7,13-15H2,1H3,(H,25,30). The first-order valence-corrected chi connectivity index (χ1v) is 11.5. The molecule has 4 rings (SSSR count). The number of rotatable bonds is 7. The fourth-order valence-electron chi connectivity index (χ4n) is 3.75. The molecule has 0 atom stereocenters. The Kier molecular flexibility index (Phi) is 6.84. The van der Waals surface area contributed by atoms with Gasteiger partial charge in [0, 0.05) is 24.5 Å². The molecular weight excluding hydrogens is 429 g/mol. The lowest BCUT2D eigenvalue weighted by Crippen LogP contribution is -2.36. The quantitative estimate of drug-likeness (QED) is 0.552. The first-order valence-electron chi connectivity index (χ1n) is 10.5. The molecule has 0 unspecified atom stereocenters. The number of carbonyl (C=O) groups excluding carboxylic acids is 2. The number of thioether (sulfide) groups is 1. The largest absolute Gasteiger partial charge is 0.326 e. The Balaban J connectivity index is 1.38. The van der Waals surface area contributed by atoms with E-state index in [1.165, 1.54) is 41.6 Å². The van der Waals surface area contributed by atoms with Crippen LogP contribution in [0.25, 0.3) is 0 Å². The van der Waals surface area contributed by atoms with Gasteiger partial charge >= 0.3 is 0 Å². The summed E-state index contributed by atoms with van der Waals surface area (Å²) >= 11 is 1.33. The highest BCUT2D eigenvalue weighted by atomic mass is 32.2. The van der Waals surface area contributed by atoms with Crippen LogP contribution in [0.2, 0.25) is 0 Å². The molecule has 1 aromatic heterocycles. The van der Waals surface area contributed by atoms with Crippen molar-refractivity contribution in [3.63, 3.8) is 0 Å². The van der Waals surface area contributed by atoms with Crippen LogP contribution in [0.1, 0.15) is 24.7 Å². The van der Waals surface area contributed by atoms with E-state index in [4.69, 9.17) is 0 Å². The molecule has 2 amide bonds. The Morgan fingerprint density at radius 2 is 1.91 bits per heavy atom. The van der Waals surface area contributed by atoms with Crippen LogP contribution in [-0.2, 0) is 29.0 Å². The van der Waals surface area contributed by atoms with Crippen molar-refractivity contribution < 1.29 is 14.0 Å². The average Bonchev–Trinajstić information content (AvgIpc) is 3.19. The van der Waals surface area contributed by atoms with Crippen molar-refractivity contribution in [3.8, 4) is 0 Å². The highest BCUT2D eigenvalue weighted by Gasteiger charge is 2.23. The fraction of sp³-hybridized carbons (Fsp3) is 0.304. The lowest BCUT2D eigenvalue weighted by molar-refractivity contribution is -0.116. The van der Waals surface area contributed by atoms with Crippen LogP contribution in [0.15, 0.2) is 53.7 Å². The van der Waals surface area contributed by atoms with E-state index in [9.17, 15) is 14.0 Å². The molecule has 1 N–H and O–H groups in total. The van der Waals surface area contributed by atoms with Gasteiger partial charge in [-0.3, -0.25) is 9.59 Å². The van der Waals surface area contributed by atoms with Crippen molar-refractivity contribution in [1.29, 1.82) is 0 Å². The van der Waals surface area contributed by atoms with E-state index in [1.54, 1.807) is 0 Å². The Labute approximate surface area is 190 Å². The number of para-hydroxylation sites is 1. The first kappa shape index (κ1) is 22.0. The molecule has 7 nitrogen and oxygen atoms in total. The molecule has 2 aromatic carbocycles. The minimum atomic E-state index is -0.363. The molecule has 0 saturated carbocycles. The maximum absolute atomic E-state index is 13.0. The summed E-state index contributed by atoms with van der Waals surface area (Å²) in [5.74, 6) is 0.164. The predicted molar refractivity (Wildman–Crippen MR) is 122 cm³/mol. The lowest BCUT2D eigenvalue weighted by atomic mass is 10.0. The summed E-state index contributed by atoms with van der Waals surface area (Å²) < 4.78 is 14.9. The van der Waals surface area contributed by atoms with Gasteiger partial charge in [0.05, 0.1) is 12.2 Å². The molecule has 3 aromatic rings. The van der Waals surface area contributed by atoms with Gasteiger partial charge in [-0.05, 0) is 55.7 Å². The number of halogens is 1. The van der Waals surface area contributed by atoms with Crippen LogP contribution >= 0.6 is 11.8 Å². The highest BCUT2D eigenvalue weighted by Crippen LogP contribution is 2.28. The number of anilines is 2. The fourth-order valence-corrected chi connectivity index (χ4v) is 4.65. The number of aryl methyl sites for hydroxylation is 1. The van der Waals surface area contributed by atoms with E-state index in [-0.39, 0.29) is 29.8 Å². The van der Waals surface area contributed by atoms with Crippen LogP contribution in [0, 0.1) is 5.82 Å². The lowest BCUT2D eigenvalue weighted by Gasteiger charge is -2.29. The van der Waals surface area contributed by atoms with E-state index in [1.807, 2.05) is 34.6 Å². The summed E-state index contributed by atoms with van der Waals surface area (Å²) in [6.07, 6.45) is 1.97. The number of hydrogen-bond donors (Lipinski definition) is 1. The van der Waals surface area contributed by atoms with Crippen LogP contribution in [0.3, 0.4) is 0 Å². The third-order valence-corrected chi connectivity index (χ3v) is 6.24. The summed E-state index contributed by atoms with van der Waals surface area (Å²) in [4.78, 5) is 27.1. The number of nitrogens with zero attached hydrogens (tertiary/aromatic N) is 4. The first-order chi connectivity index (χ1) is 15.5. The Morgan fingerprint density at radius 3 is 2.69 bits per heavy atom. The van der Waals surface area contributed by atoms with Crippen molar-refractivity contribution in [3.05, 3.63) is 65.7 Å². The van der Waals surface area contributed by atoms with Gasteiger partial charge in [-0.2, -0.15) is 0 Å². The molecule has 1 aliphatic heterocycles. The third-order valence-electron chi connectivity index (χ3n) is 5.29. The second-order valence-electron chi connectivity index (χ2n) is 7.44. The summed E-state index contributed by atoms with van der Waals surface area (Å²) in [5.41, 5.74) is 2.70. The minimum Gasteiger partial charge on any atom is -0.326 e. The van der Waals surface area contributed by atoms with E-state index < -0.39 is 0 Å². The van der Waals surface area contributed by atoms with Crippen molar-refractivity contribution in [2.75, 3.05) is 22.5 Å². The maximum atomic E-state index is 13.0. The van der Waals surface area contributed by atoms with Crippen LogP contribution in [-0.4, -0.2) is 38.9 Å². The topological polar surface area (TPSA) is 80.1 Å². The number of hydrogen-bond acceptors (Lipinski definition) is 5. The number of benzene rings is 2. The highest BCUT2D eigenvalue weighted by molar-refractivity contribution is 7.99. The molecule has 166 valence electrons. The van der Waals surface area contributed by atoms with Gasteiger partial charge in [-0.15, -0.1) is 10.2 Å². The van der Waals surface area contributed by atoms with Gasteiger partial charge in [-0.25, -0.2) is 4.39 Å². The maximum Gasteiger partial charge on any atom is 0.237 e. The Bertz CT molecular complexity index is 1120. The molecular formula is C23H24FN5O2S. The second-order valence-corrected chi connectivity index (χ2v) is 8.38. The van der Waals surface area contributed by atoms with E-state index >= 15 is 0 Å². The third kappa shape index (κ3) is 4.99. The van der Waals surface area contributed by atoms with E-state index in [0.29, 0.717) is 29.8 Å². The molecule has 0 fully saturated rings. The zero-order chi connectivity index (χ0) is 22.5. The zero-order valence-electron chi connectivity index (χ0n) is 17.8. The van der Waals surface area contributed by atoms with Gasteiger partial charge < -0.3 is 14.8 Å². The van der Waals surface area contributed by atoms with Gasteiger partial charge in [0.25, 0.3) is 0 Å². The van der Waals surface area contributed by atoms with E-state index in [0.717, 1.165) is 18.5 Å². The van der Waals surface area contributed by atoms with Crippen molar-refractivity contribution in [2.45, 2.75) is 37.9 Å². The monoisotopic (exact) mass is 453 g/mol. The Hall–Kier alpha value is -3.20. The summed E-state index contributed by atoms with van der Waals surface area (Å²) in [6.45, 7) is 3.23. The summed E-state index contributed by atoms with van der Waals surface area (Å²) in [7, 11) is 0. The number of fused-ring (bicyclic) bond motifs is 1. The van der Waals surface area contributed by atoms with Gasteiger partial charge in [0.1, 0.15) is 11.6 Å². The Morgan fingerprint density at radius 1 is 1.12 bits per heavy atom. The van der Waals surface area contributed by atoms with Gasteiger partial charge in [0.15, 0.2) is 5.16 Å². The predicted octanol–water partition coefficient (Wildman–Crippen LogP) is 3.69. The molecule has 0 radical (unpaired) electrons. The molecule has 0 spiro atoms. The molecule has 0 saturated heterocycles. The summed E-state index contributed by atoms with van der Waals surface area (Å²) in [5, 5.41) is 11.7. The van der Waals surface area contributed by atoms with Crippen LogP contribution in [0.5, 0.6) is 0 Å². The van der Waals surface area contributed by atoms with Crippen molar-refractivity contribution in [2.24, 2.45) is 0 Å². The molecule has 1 aliphatic rings. The second kappa shape index (κ2) is 9.95. The molecule has 0 aliphatic carbocycles. The number of carbonyl (C=O) groups is 2. The average molecular weight is 454 g/mol. The molecule has 0 bridgehead atoms. The summed E-state index contributed by atoms with van der Waals surface area (Å²) in [6, 6.07) is 13.6. The van der Waals surface area contributed by atoms with E-state index in [2.05, 4.69) is 21.6 Å². The zero-order valence-corrected chi connectivity index (χ0v) is 18.6. The normalized spacial score (nSPS) is 13.0. The molecule has 9 heteroatoms. The van der Waals surface area contributed by atoms with Crippen molar-refractivity contribution in [1.82, 2.24) is 14.8 Å². The SMILES string of the molecule is CCn1c(CC(=O)Nc2ccc(F)cc2)nnc1SCC(=O)N1CCCc2ccccc21. The number of amides is 2. The van der Waals surface area contributed by atoms with Crippen LogP contribution < -0.4 is 10.2 Å². The van der Waals surface area contributed by atoms with Crippen LogP contribution in [0.4, 0.5) is 15.8 Å².